The molecule has 2 amide bonds. The van der Waals surface area contributed by atoms with Gasteiger partial charge in [0.25, 0.3) is 0 Å². The van der Waals surface area contributed by atoms with Crippen LogP contribution in [0.15, 0.2) is 44.3 Å². The van der Waals surface area contributed by atoms with Gasteiger partial charge in [0, 0.05) is 18.8 Å². The van der Waals surface area contributed by atoms with Gasteiger partial charge < -0.3 is 13.7 Å². The van der Waals surface area contributed by atoms with Crippen molar-refractivity contribution in [2.45, 2.75) is 25.3 Å². The third kappa shape index (κ3) is 3.51. The number of aromatic nitrogens is 5. The summed E-state index contributed by atoms with van der Waals surface area (Å²) in [5.41, 5.74) is 2.12. The molecule has 1 unspecified atom stereocenters. The maximum Gasteiger partial charge on any atom is 0.420 e. The minimum absolute atomic E-state index is 0.148. The first kappa shape index (κ1) is 19.6. The number of oxazole rings is 1. The van der Waals surface area contributed by atoms with E-state index in [-0.39, 0.29) is 31.2 Å². The van der Waals surface area contributed by atoms with Crippen molar-refractivity contribution in [1.82, 2.24) is 30.0 Å². The standard InChI is InChI=1S/C20H16N6O6/c1-30-19-21-8-11(9-22-19)17-24-16(32-25-17)7-10-2-4-14-13(6-10)26(20(29)31-14)12-3-5-15(27)23-18(12)28/h2,4,6,8-9,12H,3,5,7H2,1H3,(H,23,27,28). The van der Waals surface area contributed by atoms with E-state index in [0.717, 1.165) is 5.56 Å². The zero-order chi connectivity index (χ0) is 22.2. The van der Waals surface area contributed by atoms with Crippen molar-refractivity contribution in [3.05, 3.63) is 52.6 Å². The molecular weight excluding hydrogens is 420 g/mol. The van der Waals surface area contributed by atoms with Crippen LogP contribution in [0.2, 0.25) is 0 Å². The first-order valence-corrected chi connectivity index (χ1v) is 9.68. The Morgan fingerprint density at radius 1 is 1.22 bits per heavy atom. The lowest BCUT2D eigenvalue weighted by molar-refractivity contribution is -0.135. The average molecular weight is 436 g/mol. The zero-order valence-corrected chi connectivity index (χ0v) is 16.8. The first-order valence-electron chi connectivity index (χ1n) is 9.68. The number of hydrogen-bond acceptors (Lipinski definition) is 10. The number of piperidine rings is 1. The van der Waals surface area contributed by atoms with Crippen molar-refractivity contribution in [1.29, 1.82) is 0 Å². The fourth-order valence-corrected chi connectivity index (χ4v) is 3.57. The summed E-state index contributed by atoms with van der Waals surface area (Å²) in [6.07, 6.45) is 3.71. The highest BCUT2D eigenvalue weighted by molar-refractivity contribution is 6.00. The molecule has 1 atom stereocenters. The SMILES string of the molecule is COc1ncc(-c2noc(Cc3ccc4oc(=O)n(C5CCC(=O)NC5=O)c4c3)n2)cn1. The van der Waals surface area contributed by atoms with Gasteiger partial charge in [-0.25, -0.2) is 14.8 Å². The molecule has 5 rings (SSSR count). The Bertz CT molecular complexity index is 1390. The van der Waals surface area contributed by atoms with Crippen LogP contribution in [-0.4, -0.2) is 43.6 Å². The van der Waals surface area contributed by atoms with Crippen LogP contribution in [-0.2, 0) is 16.0 Å². The Morgan fingerprint density at radius 2 is 2.03 bits per heavy atom. The molecule has 4 aromatic rings. The molecule has 1 fully saturated rings. The van der Waals surface area contributed by atoms with Gasteiger partial charge in [0.15, 0.2) is 5.58 Å². The number of imide groups is 1. The number of benzene rings is 1. The Kier molecular flexibility index (Phi) is 4.73. The van der Waals surface area contributed by atoms with Gasteiger partial charge in [0.1, 0.15) is 6.04 Å². The second kappa shape index (κ2) is 7.72. The van der Waals surface area contributed by atoms with Gasteiger partial charge >= 0.3 is 11.8 Å². The highest BCUT2D eigenvalue weighted by Gasteiger charge is 2.31. The van der Waals surface area contributed by atoms with Gasteiger partial charge in [-0.05, 0) is 24.1 Å². The number of carbonyl (C=O) groups excluding carboxylic acids is 2. The number of methoxy groups -OCH3 is 1. The Morgan fingerprint density at radius 3 is 2.78 bits per heavy atom. The molecule has 32 heavy (non-hydrogen) atoms. The quantitative estimate of drug-likeness (QED) is 0.448. The summed E-state index contributed by atoms with van der Waals surface area (Å²) in [7, 11) is 1.47. The molecule has 12 nitrogen and oxygen atoms in total. The molecule has 1 saturated heterocycles. The van der Waals surface area contributed by atoms with Crippen LogP contribution in [0.5, 0.6) is 6.01 Å². The largest absolute Gasteiger partial charge is 0.467 e. The monoisotopic (exact) mass is 436 g/mol. The maximum absolute atomic E-state index is 12.4. The molecule has 0 spiro atoms. The third-order valence-electron chi connectivity index (χ3n) is 5.09. The van der Waals surface area contributed by atoms with E-state index in [1.165, 1.54) is 24.1 Å². The van der Waals surface area contributed by atoms with Crippen molar-refractivity contribution in [2.75, 3.05) is 7.11 Å². The molecule has 3 aromatic heterocycles. The van der Waals surface area contributed by atoms with Crippen LogP contribution in [0, 0.1) is 0 Å². The number of hydrogen-bond donors (Lipinski definition) is 1. The number of amides is 2. The van der Waals surface area contributed by atoms with Crippen LogP contribution < -0.4 is 15.8 Å². The summed E-state index contributed by atoms with van der Waals surface area (Å²) in [6, 6.07) is 4.54. The third-order valence-corrected chi connectivity index (χ3v) is 5.09. The molecule has 4 heterocycles. The predicted octanol–water partition coefficient (Wildman–Crippen LogP) is 1.01. The minimum atomic E-state index is -0.818. The van der Waals surface area contributed by atoms with Crippen LogP contribution in [0.4, 0.5) is 0 Å². The molecule has 1 N–H and O–H groups in total. The van der Waals surface area contributed by atoms with E-state index in [2.05, 4.69) is 25.4 Å². The molecule has 0 radical (unpaired) electrons. The van der Waals surface area contributed by atoms with Crippen LogP contribution >= 0.6 is 0 Å². The number of nitrogens with zero attached hydrogens (tertiary/aromatic N) is 5. The summed E-state index contributed by atoms with van der Waals surface area (Å²) in [4.78, 5) is 48.5. The van der Waals surface area contributed by atoms with Gasteiger partial charge in [-0.15, -0.1) is 0 Å². The van der Waals surface area contributed by atoms with Gasteiger partial charge in [-0.3, -0.25) is 19.5 Å². The predicted molar refractivity (Wildman–Crippen MR) is 107 cm³/mol. The molecule has 0 aliphatic carbocycles. The molecule has 1 aliphatic rings. The van der Waals surface area contributed by atoms with E-state index in [0.29, 0.717) is 28.4 Å². The summed E-state index contributed by atoms with van der Waals surface area (Å²) >= 11 is 0. The lowest BCUT2D eigenvalue weighted by Crippen LogP contribution is -2.43. The number of ether oxygens (including phenoxy) is 1. The average Bonchev–Trinajstić information content (AvgIpc) is 3.38. The number of carbonyl (C=O) groups is 2. The number of rotatable bonds is 5. The van der Waals surface area contributed by atoms with Gasteiger partial charge in [0.05, 0.1) is 24.6 Å². The van der Waals surface area contributed by atoms with Crippen molar-refractivity contribution < 1.29 is 23.3 Å². The molecule has 12 heteroatoms. The first-order chi connectivity index (χ1) is 15.5. The van der Waals surface area contributed by atoms with Crippen LogP contribution in [0.1, 0.15) is 30.3 Å². The molecular formula is C20H16N6O6. The second-order valence-corrected chi connectivity index (χ2v) is 7.15. The minimum Gasteiger partial charge on any atom is -0.467 e. The van der Waals surface area contributed by atoms with Crippen molar-refractivity contribution in [3.63, 3.8) is 0 Å². The Labute approximate surface area is 179 Å². The number of nitrogens with one attached hydrogen (secondary N) is 1. The highest BCUT2D eigenvalue weighted by Crippen LogP contribution is 2.25. The van der Waals surface area contributed by atoms with E-state index >= 15 is 0 Å². The van der Waals surface area contributed by atoms with E-state index in [1.807, 2.05) is 0 Å². The van der Waals surface area contributed by atoms with Crippen molar-refractivity contribution in [2.24, 2.45) is 0 Å². The Hall–Kier alpha value is -4.35. The summed E-state index contributed by atoms with van der Waals surface area (Å²) in [5.74, 6) is -0.880. The van der Waals surface area contributed by atoms with E-state index in [4.69, 9.17) is 13.7 Å². The van der Waals surface area contributed by atoms with E-state index in [9.17, 15) is 14.4 Å². The van der Waals surface area contributed by atoms with Gasteiger partial charge in [-0.1, -0.05) is 11.2 Å². The summed E-state index contributed by atoms with van der Waals surface area (Å²) in [5, 5.41) is 6.21. The maximum atomic E-state index is 12.4. The van der Waals surface area contributed by atoms with Crippen molar-refractivity contribution in [3.8, 4) is 17.4 Å². The summed E-state index contributed by atoms with van der Waals surface area (Å²) < 4.78 is 16.8. The Balaban J connectivity index is 1.43. The molecule has 1 aromatic carbocycles. The van der Waals surface area contributed by atoms with Gasteiger partial charge in [0.2, 0.25) is 23.5 Å². The molecule has 0 bridgehead atoms. The van der Waals surface area contributed by atoms with E-state index in [1.54, 1.807) is 18.2 Å². The summed E-state index contributed by atoms with van der Waals surface area (Å²) in [6.45, 7) is 0. The topological polar surface area (TPSA) is 155 Å². The molecule has 1 aliphatic heterocycles. The fourth-order valence-electron chi connectivity index (χ4n) is 3.57. The fraction of sp³-hybridized carbons (Fsp3) is 0.250. The second-order valence-electron chi connectivity index (χ2n) is 7.15. The van der Waals surface area contributed by atoms with Crippen molar-refractivity contribution >= 4 is 22.9 Å². The highest BCUT2D eigenvalue weighted by atomic mass is 16.5. The van der Waals surface area contributed by atoms with E-state index < -0.39 is 17.7 Å². The zero-order valence-electron chi connectivity index (χ0n) is 16.8. The number of fused-ring (bicyclic) bond motifs is 1. The lowest BCUT2D eigenvalue weighted by atomic mass is 10.1. The van der Waals surface area contributed by atoms with Gasteiger partial charge in [-0.2, -0.15) is 4.98 Å². The molecule has 0 saturated carbocycles. The normalized spacial score (nSPS) is 16.3. The van der Waals surface area contributed by atoms with Crippen LogP contribution in [0.3, 0.4) is 0 Å². The van der Waals surface area contributed by atoms with Crippen LogP contribution in [0.25, 0.3) is 22.5 Å². The lowest BCUT2D eigenvalue weighted by Gasteiger charge is -2.21. The smallest absolute Gasteiger partial charge is 0.420 e. The molecule has 162 valence electrons.